The van der Waals surface area contributed by atoms with Gasteiger partial charge < -0.3 is 15.6 Å². The lowest BCUT2D eigenvalue weighted by molar-refractivity contribution is 0.290. The third-order valence-electron chi connectivity index (χ3n) is 3.09. The van der Waals surface area contributed by atoms with Gasteiger partial charge in [-0.2, -0.15) is 0 Å². The number of nitrogens with two attached hydrogens (primary N) is 1. The van der Waals surface area contributed by atoms with Gasteiger partial charge in [0.2, 0.25) is 0 Å². The van der Waals surface area contributed by atoms with Crippen LogP contribution in [0.15, 0.2) is 48.5 Å². The van der Waals surface area contributed by atoms with Crippen molar-refractivity contribution in [3.63, 3.8) is 0 Å². The Labute approximate surface area is 113 Å². The lowest BCUT2D eigenvalue weighted by atomic mass is 9.98. The van der Waals surface area contributed by atoms with Crippen molar-refractivity contribution in [1.29, 1.82) is 0 Å². The number of hydrogen-bond acceptors (Lipinski definition) is 3. The fourth-order valence-electron chi connectivity index (χ4n) is 1.96. The highest BCUT2D eigenvalue weighted by Crippen LogP contribution is 2.20. The van der Waals surface area contributed by atoms with E-state index in [1.165, 1.54) is 11.1 Å². The van der Waals surface area contributed by atoms with E-state index in [4.69, 9.17) is 10.5 Å². The molecule has 0 amide bonds. The normalized spacial score (nSPS) is 12.1. The molecule has 2 aromatic rings. The number of aromatic hydroxyl groups is 1. The van der Waals surface area contributed by atoms with Crippen LogP contribution in [0.4, 0.5) is 0 Å². The number of ether oxygens (including phenoxy) is 1. The molecule has 1 atom stereocenters. The van der Waals surface area contributed by atoms with Gasteiger partial charge in [0.05, 0.1) is 6.61 Å². The molecule has 0 aliphatic rings. The molecule has 3 nitrogen and oxygen atoms in total. The van der Waals surface area contributed by atoms with Crippen molar-refractivity contribution in [2.24, 2.45) is 5.73 Å². The number of phenolic OH excluding ortho intramolecular Hbond substituents is 1. The molecule has 0 aliphatic heterocycles. The third kappa shape index (κ3) is 3.73. The van der Waals surface area contributed by atoms with Crippen LogP contribution in [-0.2, 0) is 0 Å². The van der Waals surface area contributed by atoms with Crippen LogP contribution in [0.3, 0.4) is 0 Å². The van der Waals surface area contributed by atoms with Crippen molar-refractivity contribution in [3.05, 3.63) is 59.7 Å². The lowest BCUT2D eigenvalue weighted by Crippen LogP contribution is -2.19. The first-order valence-corrected chi connectivity index (χ1v) is 6.37. The summed E-state index contributed by atoms with van der Waals surface area (Å²) in [5.41, 5.74) is 8.24. The van der Waals surface area contributed by atoms with Crippen LogP contribution >= 0.6 is 0 Å². The highest BCUT2D eigenvalue weighted by atomic mass is 16.5. The molecule has 0 spiro atoms. The van der Waals surface area contributed by atoms with Gasteiger partial charge >= 0.3 is 0 Å². The molecule has 0 bridgehead atoms. The number of aryl methyl sites for hydroxylation is 1. The molecule has 0 saturated heterocycles. The number of phenols is 1. The molecular weight excluding hydrogens is 238 g/mol. The Kier molecular flexibility index (Phi) is 4.42. The van der Waals surface area contributed by atoms with E-state index in [1.54, 1.807) is 24.3 Å². The minimum atomic E-state index is 0.175. The van der Waals surface area contributed by atoms with Crippen LogP contribution in [0.2, 0.25) is 0 Å². The van der Waals surface area contributed by atoms with Gasteiger partial charge in [-0.05, 0) is 36.8 Å². The van der Waals surface area contributed by atoms with Crippen LogP contribution < -0.4 is 10.5 Å². The van der Waals surface area contributed by atoms with Gasteiger partial charge in [0.15, 0.2) is 0 Å². The van der Waals surface area contributed by atoms with E-state index in [9.17, 15) is 5.11 Å². The summed E-state index contributed by atoms with van der Waals surface area (Å²) in [7, 11) is 0. The molecule has 1 unspecified atom stereocenters. The summed E-state index contributed by atoms with van der Waals surface area (Å²) in [5.74, 6) is 1.15. The molecule has 100 valence electrons. The van der Waals surface area contributed by atoms with Crippen LogP contribution in [0.25, 0.3) is 0 Å². The Hall–Kier alpha value is -2.00. The molecule has 2 rings (SSSR count). The second kappa shape index (κ2) is 6.25. The monoisotopic (exact) mass is 257 g/mol. The molecule has 2 aromatic carbocycles. The minimum absolute atomic E-state index is 0.175. The molecule has 3 N–H and O–H groups in total. The van der Waals surface area contributed by atoms with E-state index in [-0.39, 0.29) is 11.7 Å². The summed E-state index contributed by atoms with van der Waals surface area (Å²) in [6.07, 6.45) is 0. The summed E-state index contributed by atoms with van der Waals surface area (Å²) in [6.45, 7) is 3.14. The second-order valence-electron chi connectivity index (χ2n) is 4.65. The summed E-state index contributed by atoms with van der Waals surface area (Å²) in [4.78, 5) is 0. The largest absolute Gasteiger partial charge is 0.508 e. The summed E-state index contributed by atoms with van der Waals surface area (Å²) < 4.78 is 5.72. The average Bonchev–Trinajstić information content (AvgIpc) is 2.42. The van der Waals surface area contributed by atoms with E-state index >= 15 is 0 Å². The van der Waals surface area contributed by atoms with Crippen molar-refractivity contribution >= 4 is 0 Å². The molecule has 0 radical (unpaired) electrons. The summed E-state index contributed by atoms with van der Waals surface area (Å²) >= 11 is 0. The van der Waals surface area contributed by atoms with Crippen molar-refractivity contribution in [1.82, 2.24) is 0 Å². The van der Waals surface area contributed by atoms with Crippen LogP contribution in [0, 0.1) is 6.92 Å². The van der Waals surface area contributed by atoms with Crippen LogP contribution in [-0.4, -0.2) is 18.3 Å². The zero-order valence-electron chi connectivity index (χ0n) is 11.0. The number of rotatable bonds is 5. The van der Waals surface area contributed by atoms with Crippen molar-refractivity contribution in [2.75, 3.05) is 13.2 Å². The molecule has 0 fully saturated rings. The zero-order valence-corrected chi connectivity index (χ0v) is 11.0. The first-order valence-electron chi connectivity index (χ1n) is 6.37. The molecule has 19 heavy (non-hydrogen) atoms. The average molecular weight is 257 g/mol. The Morgan fingerprint density at radius 2 is 1.89 bits per heavy atom. The van der Waals surface area contributed by atoms with Gasteiger partial charge in [0.1, 0.15) is 11.5 Å². The standard InChI is InChI=1S/C16H19NO2/c1-12-3-2-4-13(9-12)14(10-17)11-19-16-7-5-15(18)6-8-16/h2-9,14,18H,10-11,17H2,1H3. The summed E-state index contributed by atoms with van der Waals surface area (Å²) in [6, 6.07) is 15.0. The van der Waals surface area contributed by atoms with Gasteiger partial charge in [-0.25, -0.2) is 0 Å². The maximum absolute atomic E-state index is 9.21. The van der Waals surface area contributed by atoms with E-state index in [0.717, 1.165) is 5.75 Å². The Balaban J connectivity index is 2.01. The van der Waals surface area contributed by atoms with Crippen LogP contribution in [0.5, 0.6) is 11.5 Å². The minimum Gasteiger partial charge on any atom is -0.508 e. The highest BCUT2D eigenvalue weighted by molar-refractivity contribution is 5.30. The van der Waals surface area contributed by atoms with Crippen molar-refractivity contribution in [2.45, 2.75) is 12.8 Å². The fraction of sp³-hybridized carbons (Fsp3) is 0.250. The SMILES string of the molecule is Cc1cccc(C(CN)COc2ccc(O)cc2)c1. The Morgan fingerprint density at radius 3 is 2.53 bits per heavy atom. The van der Waals surface area contributed by atoms with E-state index in [2.05, 4.69) is 25.1 Å². The fourth-order valence-corrected chi connectivity index (χ4v) is 1.96. The van der Waals surface area contributed by atoms with Crippen molar-refractivity contribution in [3.8, 4) is 11.5 Å². The molecule has 3 heteroatoms. The zero-order chi connectivity index (χ0) is 13.7. The van der Waals surface area contributed by atoms with Gasteiger partial charge in [0.25, 0.3) is 0 Å². The van der Waals surface area contributed by atoms with Gasteiger partial charge in [-0.1, -0.05) is 29.8 Å². The quantitative estimate of drug-likeness (QED) is 0.866. The first-order chi connectivity index (χ1) is 9.19. The smallest absolute Gasteiger partial charge is 0.119 e. The molecule has 0 aliphatic carbocycles. The first kappa shape index (κ1) is 13.4. The Morgan fingerprint density at radius 1 is 1.16 bits per heavy atom. The lowest BCUT2D eigenvalue weighted by Gasteiger charge is -2.16. The number of benzene rings is 2. The van der Waals surface area contributed by atoms with E-state index in [1.807, 2.05) is 6.07 Å². The van der Waals surface area contributed by atoms with Gasteiger partial charge in [-0.3, -0.25) is 0 Å². The Bertz CT molecular complexity index is 523. The van der Waals surface area contributed by atoms with Gasteiger partial charge in [0, 0.05) is 12.5 Å². The predicted molar refractivity (Wildman–Crippen MR) is 76.6 cm³/mol. The predicted octanol–water partition coefficient (Wildman–Crippen LogP) is 2.82. The summed E-state index contributed by atoms with van der Waals surface area (Å²) in [5, 5.41) is 9.21. The maximum Gasteiger partial charge on any atom is 0.119 e. The maximum atomic E-state index is 9.21. The topological polar surface area (TPSA) is 55.5 Å². The van der Waals surface area contributed by atoms with E-state index < -0.39 is 0 Å². The van der Waals surface area contributed by atoms with E-state index in [0.29, 0.717) is 13.2 Å². The van der Waals surface area contributed by atoms with Crippen LogP contribution in [0.1, 0.15) is 17.0 Å². The highest BCUT2D eigenvalue weighted by Gasteiger charge is 2.10. The second-order valence-corrected chi connectivity index (χ2v) is 4.65. The molecule has 0 heterocycles. The third-order valence-corrected chi connectivity index (χ3v) is 3.09. The number of hydrogen-bond donors (Lipinski definition) is 2. The molecule has 0 saturated carbocycles. The van der Waals surface area contributed by atoms with Gasteiger partial charge in [-0.15, -0.1) is 0 Å². The molecular formula is C16H19NO2. The van der Waals surface area contributed by atoms with Crippen molar-refractivity contribution < 1.29 is 9.84 Å². The molecule has 0 aromatic heterocycles.